The van der Waals surface area contributed by atoms with Crippen LogP contribution in [0.1, 0.15) is 10.4 Å². The van der Waals surface area contributed by atoms with Crippen molar-refractivity contribution in [2.75, 3.05) is 77.2 Å². The Morgan fingerprint density at radius 3 is 2.49 bits per heavy atom. The van der Waals surface area contributed by atoms with Gasteiger partial charge in [-0.25, -0.2) is 9.97 Å². The zero-order valence-corrected chi connectivity index (χ0v) is 23.8. The Balaban J connectivity index is 1.47. The van der Waals surface area contributed by atoms with Gasteiger partial charge in [-0.3, -0.25) is 9.80 Å². The number of halogens is 3. The SMILES string of the molecule is CN/C=C\c1ccc(SC)cc1-c1nc(N2CCOCC2)c2sc(CN3CCN(CC(F)(F)F)CC3)cc2n1. The first-order valence-corrected chi connectivity index (χ1v) is 15.0. The molecule has 0 atom stereocenters. The number of anilines is 1. The number of piperazine rings is 1. The number of thioether (sulfide) groups is 1. The number of thiophene rings is 1. The van der Waals surface area contributed by atoms with Gasteiger partial charge in [0.2, 0.25) is 0 Å². The molecule has 0 amide bonds. The van der Waals surface area contributed by atoms with Gasteiger partial charge in [0.1, 0.15) is 0 Å². The third kappa shape index (κ3) is 7.04. The van der Waals surface area contributed by atoms with E-state index >= 15 is 0 Å². The molecule has 0 radical (unpaired) electrons. The van der Waals surface area contributed by atoms with Gasteiger partial charge in [-0.2, -0.15) is 13.2 Å². The maximum absolute atomic E-state index is 12.8. The lowest BCUT2D eigenvalue weighted by Crippen LogP contribution is -2.48. The molecule has 2 aromatic heterocycles. The van der Waals surface area contributed by atoms with E-state index < -0.39 is 12.7 Å². The van der Waals surface area contributed by atoms with Crippen LogP contribution < -0.4 is 10.2 Å². The molecular formula is C27H33F3N6OS2. The third-order valence-corrected chi connectivity index (χ3v) is 8.72. The fraction of sp³-hybridized carbons (Fsp3) is 0.481. The average molecular weight is 579 g/mol. The van der Waals surface area contributed by atoms with Gasteiger partial charge in [-0.05, 0) is 42.3 Å². The van der Waals surface area contributed by atoms with Gasteiger partial charge in [0, 0.05) is 68.2 Å². The summed E-state index contributed by atoms with van der Waals surface area (Å²) in [6.45, 7) is 4.74. The zero-order valence-electron chi connectivity index (χ0n) is 22.1. The van der Waals surface area contributed by atoms with Crippen molar-refractivity contribution >= 4 is 45.2 Å². The fourth-order valence-corrected chi connectivity index (χ4v) is 6.50. The normalized spacial score (nSPS) is 17.9. The minimum atomic E-state index is -4.15. The summed E-state index contributed by atoms with van der Waals surface area (Å²) < 4.78 is 45.0. The summed E-state index contributed by atoms with van der Waals surface area (Å²) in [5.74, 6) is 1.60. The van der Waals surface area contributed by atoms with Crippen LogP contribution in [0.25, 0.3) is 27.7 Å². The molecule has 2 saturated heterocycles. The minimum absolute atomic E-state index is 0.419. The number of hydrogen-bond donors (Lipinski definition) is 1. The summed E-state index contributed by atoms with van der Waals surface area (Å²) >= 11 is 3.36. The van der Waals surface area contributed by atoms with Crippen LogP contribution in [-0.4, -0.2) is 98.3 Å². The van der Waals surface area contributed by atoms with Gasteiger partial charge in [0.15, 0.2) is 11.6 Å². The summed E-state index contributed by atoms with van der Waals surface area (Å²) in [5, 5.41) is 3.06. The second kappa shape index (κ2) is 12.4. The molecule has 0 spiro atoms. The van der Waals surface area contributed by atoms with E-state index in [-0.39, 0.29) is 0 Å². The molecular weight excluding hydrogens is 545 g/mol. The maximum atomic E-state index is 12.8. The van der Waals surface area contributed by atoms with Crippen molar-refractivity contribution in [3.63, 3.8) is 0 Å². The van der Waals surface area contributed by atoms with Crippen LogP contribution in [0.4, 0.5) is 19.0 Å². The Hall–Kier alpha value is -2.38. The van der Waals surface area contributed by atoms with Gasteiger partial charge in [0.25, 0.3) is 0 Å². The molecule has 5 rings (SSSR count). The molecule has 1 aromatic carbocycles. The largest absolute Gasteiger partial charge is 0.401 e. The minimum Gasteiger partial charge on any atom is -0.394 e. The van der Waals surface area contributed by atoms with Gasteiger partial charge >= 0.3 is 6.18 Å². The molecule has 2 aliphatic heterocycles. The number of nitrogens with zero attached hydrogens (tertiary/aromatic N) is 5. The fourth-order valence-electron chi connectivity index (χ4n) is 4.91. The Kier molecular flexibility index (Phi) is 8.97. The van der Waals surface area contributed by atoms with Crippen molar-refractivity contribution in [2.45, 2.75) is 17.6 Å². The number of hydrogen-bond acceptors (Lipinski definition) is 9. The van der Waals surface area contributed by atoms with Crippen LogP contribution in [0.3, 0.4) is 0 Å². The van der Waals surface area contributed by atoms with Crippen LogP contribution in [0, 0.1) is 0 Å². The summed E-state index contributed by atoms with van der Waals surface area (Å²) in [4.78, 5) is 18.4. The monoisotopic (exact) mass is 578 g/mol. The molecule has 3 aromatic rings. The van der Waals surface area contributed by atoms with Crippen LogP contribution in [-0.2, 0) is 11.3 Å². The highest BCUT2D eigenvalue weighted by Crippen LogP contribution is 2.37. The first-order chi connectivity index (χ1) is 18.8. The highest BCUT2D eigenvalue weighted by molar-refractivity contribution is 7.98. The van der Waals surface area contributed by atoms with E-state index in [1.165, 1.54) is 4.90 Å². The number of alkyl halides is 3. The zero-order chi connectivity index (χ0) is 27.4. The summed E-state index contributed by atoms with van der Waals surface area (Å²) in [5.41, 5.74) is 2.90. The smallest absolute Gasteiger partial charge is 0.394 e. The van der Waals surface area contributed by atoms with Crippen molar-refractivity contribution in [1.82, 2.24) is 25.1 Å². The highest BCUT2D eigenvalue weighted by atomic mass is 32.2. The summed E-state index contributed by atoms with van der Waals surface area (Å²) in [6, 6.07) is 8.45. The molecule has 0 saturated carbocycles. The van der Waals surface area contributed by atoms with Crippen molar-refractivity contribution in [3.8, 4) is 11.4 Å². The van der Waals surface area contributed by atoms with Gasteiger partial charge in [-0.1, -0.05) is 6.07 Å². The quantitative estimate of drug-likeness (QED) is 0.383. The van der Waals surface area contributed by atoms with Crippen LogP contribution in [0.2, 0.25) is 0 Å². The molecule has 2 aliphatic rings. The van der Waals surface area contributed by atoms with E-state index in [2.05, 4.69) is 45.6 Å². The van der Waals surface area contributed by atoms with Gasteiger partial charge in [0.05, 0.1) is 30.0 Å². The first kappa shape index (κ1) is 28.2. The number of ether oxygens (including phenoxy) is 1. The number of nitrogens with one attached hydrogen (secondary N) is 1. The molecule has 12 heteroatoms. The van der Waals surface area contributed by atoms with Crippen LogP contribution in [0.15, 0.2) is 35.4 Å². The van der Waals surface area contributed by atoms with Crippen molar-refractivity contribution in [1.29, 1.82) is 0 Å². The number of benzene rings is 1. The lowest BCUT2D eigenvalue weighted by molar-refractivity contribution is -0.149. The number of rotatable bonds is 8. The average Bonchev–Trinajstić information content (AvgIpc) is 3.34. The predicted octanol–water partition coefficient (Wildman–Crippen LogP) is 4.79. The van der Waals surface area contributed by atoms with Crippen LogP contribution in [0.5, 0.6) is 0 Å². The first-order valence-electron chi connectivity index (χ1n) is 13.0. The van der Waals surface area contributed by atoms with E-state index in [1.54, 1.807) is 23.1 Å². The van der Waals surface area contributed by atoms with E-state index in [1.807, 2.05) is 19.3 Å². The molecule has 7 nitrogen and oxygen atoms in total. The number of fused-ring (bicyclic) bond motifs is 1. The molecule has 0 bridgehead atoms. The van der Waals surface area contributed by atoms with E-state index in [9.17, 15) is 13.2 Å². The molecule has 1 N–H and O–H groups in total. The van der Waals surface area contributed by atoms with E-state index in [0.717, 1.165) is 50.0 Å². The highest BCUT2D eigenvalue weighted by Gasteiger charge is 2.32. The molecule has 0 aliphatic carbocycles. The molecule has 4 heterocycles. The summed E-state index contributed by atoms with van der Waals surface area (Å²) in [6.07, 6.45) is 1.83. The Bertz CT molecular complexity index is 1300. The number of aromatic nitrogens is 2. The van der Waals surface area contributed by atoms with Crippen LogP contribution >= 0.6 is 23.1 Å². The predicted molar refractivity (Wildman–Crippen MR) is 154 cm³/mol. The Morgan fingerprint density at radius 1 is 1.05 bits per heavy atom. The lowest BCUT2D eigenvalue weighted by atomic mass is 10.1. The third-order valence-electron chi connectivity index (χ3n) is 6.89. The molecule has 39 heavy (non-hydrogen) atoms. The maximum Gasteiger partial charge on any atom is 0.401 e. The van der Waals surface area contributed by atoms with Crippen molar-refractivity contribution < 1.29 is 17.9 Å². The molecule has 2 fully saturated rings. The molecule has 0 unspecified atom stereocenters. The Morgan fingerprint density at radius 2 is 1.79 bits per heavy atom. The van der Waals surface area contributed by atoms with E-state index in [0.29, 0.717) is 51.8 Å². The topological polar surface area (TPSA) is 56.8 Å². The second-order valence-electron chi connectivity index (χ2n) is 9.64. The van der Waals surface area contributed by atoms with Gasteiger partial charge in [-0.15, -0.1) is 23.1 Å². The second-order valence-corrected chi connectivity index (χ2v) is 11.7. The Labute approximate surface area is 235 Å². The number of morpholine rings is 1. The lowest BCUT2D eigenvalue weighted by Gasteiger charge is -2.34. The van der Waals surface area contributed by atoms with E-state index in [4.69, 9.17) is 14.7 Å². The summed E-state index contributed by atoms with van der Waals surface area (Å²) in [7, 11) is 1.87. The van der Waals surface area contributed by atoms with Crippen molar-refractivity contribution in [3.05, 3.63) is 40.9 Å². The van der Waals surface area contributed by atoms with Crippen molar-refractivity contribution in [2.24, 2.45) is 0 Å². The molecule has 210 valence electrons. The standard InChI is InChI=1S/C27H33F3N6OS2/c1-31-6-5-19-3-4-20(38-2)15-22(19)25-32-23-16-21(17-34-7-9-35(10-8-34)18-27(28,29)30)39-24(23)26(33-25)36-11-13-37-14-12-36/h3-6,15-16,31H,7-14,17-18H2,1-2H3/b6-5-. The van der Waals surface area contributed by atoms with Gasteiger partial charge < -0.3 is 15.0 Å².